The Kier molecular flexibility index (Phi) is 5.49. The topological polar surface area (TPSA) is 98.5 Å². The summed E-state index contributed by atoms with van der Waals surface area (Å²) < 4.78 is 28.4. The van der Waals surface area contributed by atoms with Gasteiger partial charge in [-0.15, -0.1) is 0 Å². The maximum atomic E-state index is 12.4. The molecule has 1 aromatic rings. The van der Waals surface area contributed by atoms with Gasteiger partial charge in [-0.05, 0) is 44.4 Å². The summed E-state index contributed by atoms with van der Waals surface area (Å²) >= 11 is 0. The van der Waals surface area contributed by atoms with Crippen LogP contribution in [0.15, 0.2) is 11.0 Å². The normalized spacial score (nSPS) is 13.0. The van der Waals surface area contributed by atoms with Gasteiger partial charge in [-0.3, -0.25) is 4.79 Å². The van der Waals surface area contributed by atoms with Gasteiger partial charge in [0.2, 0.25) is 10.0 Å². The maximum Gasteiger partial charge on any atom is 0.252 e. The van der Waals surface area contributed by atoms with Gasteiger partial charge in [0, 0.05) is 18.7 Å². The quantitative estimate of drug-likeness (QED) is 0.848. The van der Waals surface area contributed by atoms with Crippen molar-refractivity contribution in [1.82, 2.24) is 5.32 Å². The molecule has 118 valence electrons. The minimum atomic E-state index is -3.88. The minimum absolute atomic E-state index is 0.0117. The summed E-state index contributed by atoms with van der Waals surface area (Å²) in [5.74, 6) is -0.334. The fraction of sp³-hybridized carbons (Fsp3) is 0.500. The van der Waals surface area contributed by atoms with Crippen LogP contribution in [0.2, 0.25) is 0 Å². The molecule has 1 amide bonds. The molecule has 7 heteroatoms. The van der Waals surface area contributed by atoms with Crippen LogP contribution < -0.4 is 10.5 Å². The molecule has 1 atom stereocenters. The zero-order chi connectivity index (χ0) is 16.4. The standard InChI is InChI=1S/C14H22N2O4S/c1-8-6-9(2)13(21(15,18)19)11(4)12(8)14(17)16-10(3)7-20-5/h6,10H,7H2,1-5H3,(H,16,17)(H2,15,18,19). The van der Waals surface area contributed by atoms with Crippen molar-refractivity contribution in [3.8, 4) is 0 Å². The summed E-state index contributed by atoms with van der Waals surface area (Å²) in [6.07, 6.45) is 0. The summed E-state index contributed by atoms with van der Waals surface area (Å²) in [6.45, 7) is 7.20. The van der Waals surface area contributed by atoms with E-state index < -0.39 is 10.0 Å². The highest BCUT2D eigenvalue weighted by molar-refractivity contribution is 7.89. The molecule has 3 N–H and O–H groups in total. The number of nitrogens with one attached hydrogen (secondary N) is 1. The zero-order valence-electron chi connectivity index (χ0n) is 13.0. The van der Waals surface area contributed by atoms with E-state index in [0.29, 0.717) is 28.9 Å². The van der Waals surface area contributed by atoms with E-state index in [0.717, 1.165) is 0 Å². The highest BCUT2D eigenvalue weighted by Gasteiger charge is 2.23. The summed E-state index contributed by atoms with van der Waals surface area (Å²) in [4.78, 5) is 12.4. The second kappa shape index (κ2) is 6.55. The number of aryl methyl sites for hydroxylation is 2. The van der Waals surface area contributed by atoms with Crippen LogP contribution in [0.1, 0.15) is 34.0 Å². The summed E-state index contributed by atoms with van der Waals surface area (Å²) in [5.41, 5.74) is 1.96. The number of rotatable bonds is 5. The van der Waals surface area contributed by atoms with Crippen molar-refractivity contribution < 1.29 is 17.9 Å². The van der Waals surface area contributed by atoms with Crippen LogP contribution >= 0.6 is 0 Å². The van der Waals surface area contributed by atoms with Gasteiger partial charge in [0.25, 0.3) is 5.91 Å². The first kappa shape index (κ1) is 17.6. The van der Waals surface area contributed by atoms with E-state index in [1.165, 1.54) is 0 Å². The second-order valence-corrected chi connectivity index (χ2v) is 6.71. The molecule has 0 aliphatic carbocycles. The number of benzene rings is 1. The molecule has 1 aromatic carbocycles. The van der Waals surface area contributed by atoms with Crippen LogP contribution in [0.5, 0.6) is 0 Å². The summed E-state index contributed by atoms with van der Waals surface area (Å²) in [7, 11) is -2.33. The molecular weight excluding hydrogens is 292 g/mol. The third-order valence-corrected chi connectivity index (χ3v) is 4.40. The van der Waals surface area contributed by atoms with Crippen LogP contribution in [0.25, 0.3) is 0 Å². The molecule has 0 heterocycles. The maximum absolute atomic E-state index is 12.4. The fourth-order valence-corrected chi connectivity index (χ4v) is 3.58. The number of hydrogen-bond donors (Lipinski definition) is 2. The van der Waals surface area contributed by atoms with Crippen LogP contribution in [0, 0.1) is 20.8 Å². The van der Waals surface area contributed by atoms with Crippen molar-refractivity contribution >= 4 is 15.9 Å². The number of carbonyl (C=O) groups is 1. The number of sulfonamides is 1. The fourth-order valence-electron chi connectivity index (χ4n) is 2.54. The number of hydrogen-bond acceptors (Lipinski definition) is 4. The van der Waals surface area contributed by atoms with E-state index >= 15 is 0 Å². The van der Waals surface area contributed by atoms with Gasteiger partial charge in [0.1, 0.15) is 0 Å². The number of methoxy groups -OCH3 is 1. The molecule has 1 rings (SSSR count). The lowest BCUT2D eigenvalue weighted by Gasteiger charge is -2.18. The van der Waals surface area contributed by atoms with Gasteiger partial charge < -0.3 is 10.1 Å². The number of nitrogens with two attached hydrogens (primary N) is 1. The van der Waals surface area contributed by atoms with Crippen molar-refractivity contribution in [3.63, 3.8) is 0 Å². The first-order valence-corrected chi connectivity index (χ1v) is 8.07. The van der Waals surface area contributed by atoms with Gasteiger partial charge in [-0.1, -0.05) is 6.07 Å². The van der Waals surface area contributed by atoms with Gasteiger partial charge in [0.15, 0.2) is 0 Å². The third-order valence-electron chi connectivity index (χ3n) is 3.21. The molecule has 0 saturated carbocycles. The van der Waals surface area contributed by atoms with Crippen molar-refractivity contribution in [3.05, 3.63) is 28.3 Å². The van der Waals surface area contributed by atoms with E-state index in [4.69, 9.17) is 9.88 Å². The Hall–Kier alpha value is -1.44. The van der Waals surface area contributed by atoms with E-state index in [9.17, 15) is 13.2 Å². The monoisotopic (exact) mass is 314 g/mol. The molecule has 0 aliphatic heterocycles. The van der Waals surface area contributed by atoms with Crippen LogP contribution in [0.3, 0.4) is 0 Å². The van der Waals surface area contributed by atoms with E-state index in [-0.39, 0.29) is 16.8 Å². The Bertz CT molecular complexity index is 653. The van der Waals surface area contributed by atoms with Gasteiger partial charge in [0.05, 0.1) is 11.5 Å². The summed E-state index contributed by atoms with van der Waals surface area (Å²) in [6, 6.07) is 1.48. The Morgan fingerprint density at radius 2 is 1.90 bits per heavy atom. The number of carbonyl (C=O) groups excluding carboxylic acids is 1. The first-order chi connectivity index (χ1) is 9.59. The highest BCUT2D eigenvalue weighted by atomic mass is 32.2. The predicted molar refractivity (Wildman–Crippen MR) is 80.8 cm³/mol. The summed E-state index contributed by atoms with van der Waals surface area (Å²) in [5, 5.41) is 8.02. The third kappa shape index (κ3) is 4.03. The Morgan fingerprint density at radius 1 is 1.33 bits per heavy atom. The van der Waals surface area contributed by atoms with E-state index in [2.05, 4.69) is 5.32 Å². The number of amides is 1. The average molecular weight is 314 g/mol. The highest BCUT2D eigenvalue weighted by Crippen LogP contribution is 2.25. The van der Waals surface area contributed by atoms with Crippen LogP contribution in [0.4, 0.5) is 0 Å². The van der Waals surface area contributed by atoms with Crippen molar-refractivity contribution in [2.75, 3.05) is 13.7 Å². The molecule has 0 fully saturated rings. The molecule has 0 spiro atoms. The van der Waals surface area contributed by atoms with Gasteiger partial charge >= 0.3 is 0 Å². The van der Waals surface area contributed by atoms with E-state index in [1.807, 2.05) is 0 Å². The molecule has 6 nitrogen and oxygen atoms in total. The largest absolute Gasteiger partial charge is 0.383 e. The zero-order valence-corrected chi connectivity index (χ0v) is 13.8. The van der Waals surface area contributed by atoms with Crippen LogP contribution in [-0.2, 0) is 14.8 Å². The first-order valence-electron chi connectivity index (χ1n) is 6.53. The molecule has 0 aromatic heterocycles. The number of ether oxygens (including phenoxy) is 1. The molecule has 0 saturated heterocycles. The lowest BCUT2D eigenvalue weighted by Crippen LogP contribution is -2.36. The van der Waals surface area contributed by atoms with Crippen molar-refractivity contribution in [1.29, 1.82) is 0 Å². The Labute approximate surface area is 125 Å². The minimum Gasteiger partial charge on any atom is -0.383 e. The van der Waals surface area contributed by atoms with Gasteiger partial charge in [-0.2, -0.15) is 0 Å². The number of primary sulfonamides is 1. The molecule has 1 unspecified atom stereocenters. The SMILES string of the molecule is COCC(C)NC(=O)c1c(C)cc(C)c(S(N)(=O)=O)c1C. The second-order valence-electron chi connectivity index (χ2n) is 5.21. The molecule has 21 heavy (non-hydrogen) atoms. The van der Waals surface area contributed by atoms with Crippen molar-refractivity contribution in [2.45, 2.75) is 38.6 Å². The van der Waals surface area contributed by atoms with E-state index in [1.54, 1.807) is 40.9 Å². The molecule has 0 bridgehead atoms. The predicted octanol–water partition coefficient (Wildman–Crippen LogP) is 1.02. The lowest BCUT2D eigenvalue weighted by atomic mass is 9.98. The lowest BCUT2D eigenvalue weighted by molar-refractivity contribution is 0.0904. The molecule has 0 aliphatic rings. The van der Waals surface area contributed by atoms with Gasteiger partial charge in [-0.25, -0.2) is 13.6 Å². The Balaban J connectivity index is 3.34. The van der Waals surface area contributed by atoms with Crippen molar-refractivity contribution in [2.24, 2.45) is 5.14 Å². The van der Waals surface area contributed by atoms with Crippen LogP contribution in [-0.4, -0.2) is 34.1 Å². The smallest absolute Gasteiger partial charge is 0.252 e. The molecule has 0 radical (unpaired) electrons. The molecular formula is C14H22N2O4S. The average Bonchev–Trinajstić information content (AvgIpc) is 2.25. The Morgan fingerprint density at radius 3 is 2.38 bits per heavy atom.